The molecule has 1 aliphatic rings. The Balaban J connectivity index is 2.29. The summed E-state index contributed by atoms with van der Waals surface area (Å²) in [7, 11) is 1.53. The van der Waals surface area contributed by atoms with Crippen molar-refractivity contribution in [2.24, 2.45) is 0 Å². The van der Waals surface area contributed by atoms with Crippen molar-refractivity contribution in [3.8, 4) is 0 Å². The normalized spacial score (nSPS) is 15.8. The maximum atomic E-state index is 10.8. The molecule has 76 valence electrons. The fourth-order valence-corrected chi connectivity index (χ4v) is 1.38. The number of nitrogens with zero attached hydrogens (tertiary/aromatic N) is 2. The Kier molecular flexibility index (Phi) is 2.25. The molecule has 0 aliphatic heterocycles. The van der Waals surface area contributed by atoms with E-state index in [9.17, 15) is 4.79 Å². The number of hydrogen-bond donors (Lipinski definition) is 1. The molecule has 1 fully saturated rings. The van der Waals surface area contributed by atoms with E-state index >= 15 is 0 Å². The molecule has 1 aromatic rings. The lowest BCUT2D eigenvalue weighted by atomic mass is 10.2. The molecule has 0 amide bonds. The summed E-state index contributed by atoms with van der Waals surface area (Å²) in [6.07, 6.45) is 3.77. The summed E-state index contributed by atoms with van der Waals surface area (Å²) in [6.45, 7) is 0.251. The summed E-state index contributed by atoms with van der Waals surface area (Å²) in [5.74, 6) is -0.941. The molecule has 14 heavy (non-hydrogen) atoms. The minimum absolute atomic E-state index is 0.249. The van der Waals surface area contributed by atoms with Crippen LogP contribution in [0.5, 0.6) is 0 Å². The van der Waals surface area contributed by atoms with E-state index in [1.807, 2.05) is 0 Å². The Morgan fingerprint density at radius 1 is 1.79 bits per heavy atom. The monoisotopic (exact) mass is 196 g/mol. The van der Waals surface area contributed by atoms with Gasteiger partial charge >= 0.3 is 5.97 Å². The highest BCUT2D eigenvalue weighted by Crippen LogP contribution is 2.34. The SMILES string of the molecule is COCc1nn(C2CC2)cc1C(=O)O. The largest absolute Gasteiger partial charge is 0.478 e. The molecule has 0 saturated heterocycles. The van der Waals surface area contributed by atoms with Gasteiger partial charge < -0.3 is 9.84 Å². The zero-order valence-corrected chi connectivity index (χ0v) is 7.93. The topological polar surface area (TPSA) is 64.4 Å². The third-order valence-electron chi connectivity index (χ3n) is 2.24. The van der Waals surface area contributed by atoms with Crippen LogP contribution in [-0.4, -0.2) is 28.0 Å². The van der Waals surface area contributed by atoms with E-state index in [0.717, 1.165) is 12.8 Å². The molecule has 1 N–H and O–H groups in total. The highest BCUT2D eigenvalue weighted by molar-refractivity contribution is 5.88. The number of ether oxygens (including phenoxy) is 1. The van der Waals surface area contributed by atoms with Gasteiger partial charge in [-0.1, -0.05) is 0 Å². The van der Waals surface area contributed by atoms with Gasteiger partial charge in [-0.15, -0.1) is 0 Å². The van der Waals surface area contributed by atoms with Crippen LogP contribution >= 0.6 is 0 Å². The van der Waals surface area contributed by atoms with Gasteiger partial charge in [0.15, 0.2) is 0 Å². The van der Waals surface area contributed by atoms with Gasteiger partial charge in [0.1, 0.15) is 11.3 Å². The number of carboxylic acids is 1. The molecular weight excluding hydrogens is 184 g/mol. The lowest BCUT2D eigenvalue weighted by molar-refractivity contribution is 0.0691. The van der Waals surface area contributed by atoms with Crippen LogP contribution in [0.3, 0.4) is 0 Å². The van der Waals surface area contributed by atoms with Crippen LogP contribution in [0.1, 0.15) is 34.9 Å². The lowest BCUT2D eigenvalue weighted by Gasteiger charge is -1.95. The lowest BCUT2D eigenvalue weighted by Crippen LogP contribution is -2.00. The van der Waals surface area contributed by atoms with Crippen molar-refractivity contribution in [2.75, 3.05) is 7.11 Å². The molecule has 0 radical (unpaired) electrons. The van der Waals surface area contributed by atoms with Gasteiger partial charge in [-0.25, -0.2) is 4.79 Å². The first-order valence-corrected chi connectivity index (χ1v) is 4.52. The number of carbonyl (C=O) groups is 1. The molecule has 0 bridgehead atoms. The highest BCUT2D eigenvalue weighted by atomic mass is 16.5. The third-order valence-corrected chi connectivity index (χ3v) is 2.24. The van der Waals surface area contributed by atoms with E-state index in [0.29, 0.717) is 11.7 Å². The van der Waals surface area contributed by atoms with Gasteiger partial charge in [0, 0.05) is 13.3 Å². The van der Waals surface area contributed by atoms with Crippen LogP contribution < -0.4 is 0 Å². The molecule has 5 heteroatoms. The molecule has 2 rings (SSSR count). The van der Waals surface area contributed by atoms with Gasteiger partial charge in [-0.2, -0.15) is 5.10 Å². The fourth-order valence-electron chi connectivity index (χ4n) is 1.38. The molecule has 1 heterocycles. The standard InChI is InChI=1S/C9H12N2O3/c1-14-5-8-7(9(12)13)4-11(10-8)6-2-3-6/h4,6H,2-3,5H2,1H3,(H,12,13). The van der Waals surface area contributed by atoms with Crippen molar-refractivity contribution in [3.05, 3.63) is 17.5 Å². The predicted molar refractivity (Wildman–Crippen MR) is 48.2 cm³/mol. The Bertz CT molecular complexity index is 355. The van der Waals surface area contributed by atoms with Crippen molar-refractivity contribution in [1.29, 1.82) is 0 Å². The summed E-state index contributed by atoms with van der Waals surface area (Å²) in [6, 6.07) is 0.402. The molecule has 0 aromatic carbocycles. The van der Waals surface area contributed by atoms with Gasteiger partial charge in [-0.05, 0) is 12.8 Å². The number of hydrogen-bond acceptors (Lipinski definition) is 3. The Labute approximate surface area is 81.3 Å². The second-order valence-corrected chi connectivity index (χ2v) is 3.44. The summed E-state index contributed by atoms with van der Waals surface area (Å²) in [5.41, 5.74) is 0.755. The van der Waals surface area contributed by atoms with E-state index in [1.165, 1.54) is 7.11 Å². The highest BCUT2D eigenvalue weighted by Gasteiger charge is 2.27. The molecule has 0 atom stereocenters. The smallest absolute Gasteiger partial charge is 0.339 e. The first-order valence-electron chi connectivity index (χ1n) is 4.52. The minimum atomic E-state index is -0.941. The quantitative estimate of drug-likeness (QED) is 0.782. The van der Waals surface area contributed by atoms with E-state index < -0.39 is 5.97 Å². The number of aromatic carboxylic acids is 1. The van der Waals surface area contributed by atoms with Gasteiger partial charge in [-0.3, -0.25) is 4.68 Å². The summed E-state index contributed by atoms with van der Waals surface area (Å²) >= 11 is 0. The van der Waals surface area contributed by atoms with Crippen LogP contribution in [-0.2, 0) is 11.3 Å². The van der Waals surface area contributed by atoms with E-state index in [2.05, 4.69) is 5.10 Å². The Morgan fingerprint density at radius 2 is 2.50 bits per heavy atom. The molecule has 5 nitrogen and oxygen atoms in total. The zero-order valence-electron chi connectivity index (χ0n) is 7.93. The van der Waals surface area contributed by atoms with Gasteiger partial charge in [0.2, 0.25) is 0 Å². The molecule has 1 aromatic heterocycles. The second-order valence-electron chi connectivity index (χ2n) is 3.44. The molecular formula is C9H12N2O3. The van der Waals surface area contributed by atoms with Crippen LogP contribution in [0.15, 0.2) is 6.20 Å². The van der Waals surface area contributed by atoms with Crippen LogP contribution in [0.4, 0.5) is 0 Å². The maximum Gasteiger partial charge on any atom is 0.339 e. The second kappa shape index (κ2) is 3.42. The molecule has 1 saturated carbocycles. The molecule has 1 aliphatic carbocycles. The van der Waals surface area contributed by atoms with Crippen LogP contribution in [0.2, 0.25) is 0 Å². The van der Waals surface area contributed by atoms with Crippen molar-refractivity contribution >= 4 is 5.97 Å². The molecule has 0 unspecified atom stereocenters. The minimum Gasteiger partial charge on any atom is -0.478 e. The van der Waals surface area contributed by atoms with E-state index in [-0.39, 0.29) is 12.2 Å². The summed E-state index contributed by atoms with van der Waals surface area (Å²) in [4.78, 5) is 10.8. The average molecular weight is 196 g/mol. The van der Waals surface area contributed by atoms with Crippen LogP contribution in [0.25, 0.3) is 0 Å². The number of aromatic nitrogens is 2. The maximum absolute atomic E-state index is 10.8. The Hall–Kier alpha value is -1.36. The first kappa shape index (κ1) is 9.21. The molecule has 0 spiro atoms. The van der Waals surface area contributed by atoms with Gasteiger partial charge in [0.25, 0.3) is 0 Å². The van der Waals surface area contributed by atoms with Crippen molar-refractivity contribution in [3.63, 3.8) is 0 Å². The fraction of sp³-hybridized carbons (Fsp3) is 0.556. The van der Waals surface area contributed by atoms with E-state index in [1.54, 1.807) is 10.9 Å². The summed E-state index contributed by atoms with van der Waals surface area (Å²) < 4.78 is 6.63. The van der Waals surface area contributed by atoms with Crippen LogP contribution in [0, 0.1) is 0 Å². The van der Waals surface area contributed by atoms with Gasteiger partial charge in [0.05, 0.1) is 12.6 Å². The zero-order chi connectivity index (χ0) is 10.1. The van der Waals surface area contributed by atoms with E-state index in [4.69, 9.17) is 9.84 Å². The average Bonchev–Trinajstić information content (AvgIpc) is 2.89. The number of methoxy groups -OCH3 is 1. The third kappa shape index (κ3) is 1.63. The van der Waals surface area contributed by atoms with Crippen molar-refractivity contribution < 1.29 is 14.6 Å². The first-order chi connectivity index (χ1) is 6.72. The van der Waals surface area contributed by atoms with Crippen molar-refractivity contribution in [1.82, 2.24) is 9.78 Å². The Morgan fingerprint density at radius 3 is 3.00 bits per heavy atom. The predicted octanol–water partition coefficient (Wildman–Crippen LogP) is 1.06. The number of rotatable bonds is 4. The van der Waals surface area contributed by atoms with Crippen molar-refractivity contribution in [2.45, 2.75) is 25.5 Å². The summed E-state index contributed by atoms with van der Waals surface area (Å²) in [5, 5.41) is 13.1. The number of carboxylic acid groups (broad SMARTS) is 1.